The summed E-state index contributed by atoms with van der Waals surface area (Å²) in [6, 6.07) is 9.38. The average Bonchev–Trinajstić information content (AvgIpc) is 3.10. The molecule has 2 aromatic carbocycles. The predicted octanol–water partition coefficient (Wildman–Crippen LogP) is 2.94. The fourth-order valence-corrected chi connectivity index (χ4v) is 2.82. The van der Waals surface area contributed by atoms with Gasteiger partial charge < -0.3 is 20.1 Å². The van der Waals surface area contributed by atoms with Crippen LogP contribution in [0.25, 0.3) is 0 Å². The fourth-order valence-electron chi connectivity index (χ4n) is 2.82. The van der Waals surface area contributed by atoms with E-state index in [0.29, 0.717) is 34.1 Å². The highest BCUT2D eigenvalue weighted by atomic mass is 19.1. The molecule has 0 saturated heterocycles. The molecule has 0 aliphatic carbocycles. The summed E-state index contributed by atoms with van der Waals surface area (Å²) in [5, 5.41) is 13.0. The van der Waals surface area contributed by atoms with Crippen LogP contribution in [0.4, 0.5) is 15.8 Å². The van der Waals surface area contributed by atoms with Gasteiger partial charge in [-0.15, -0.1) is 5.10 Å². The van der Waals surface area contributed by atoms with Crippen LogP contribution < -0.4 is 20.1 Å². The summed E-state index contributed by atoms with van der Waals surface area (Å²) in [4.78, 5) is 25.0. The lowest BCUT2D eigenvalue weighted by Gasteiger charge is -2.12. The lowest BCUT2D eigenvalue weighted by Crippen LogP contribution is -2.21. The van der Waals surface area contributed by atoms with E-state index in [1.807, 2.05) is 0 Å². The second-order valence-electron chi connectivity index (χ2n) is 6.71. The van der Waals surface area contributed by atoms with Crippen molar-refractivity contribution in [1.82, 2.24) is 15.0 Å². The summed E-state index contributed by atoms with van der Waals surface area (Å²) >= 11 is 0. The van der Waals surface area contributed by atoms with E-state index in [-0.39, 0.29) is 12.2 Å². The minimum Gasteiger partial charge on any atom is -0.497 e. The van der Waals surface area contributed by atoms with Gasteiger partial charge in [-0.1, -0.05) is 11.3 Å². The van der Waals surface area contributed by atoms with Crippen LogP contribution in [0.3, 0.4) is 0 Å². The van der Waals surface area contributed by atoms with Crippen LogP contribution in [0.2, 0.25) is 0 Å². The molecule has 0 bridgehead atoms. The lowest BCUT2D eigenvalue weighted by molar-refractivity contribution is -0.117. The van der Waals surface area contributed by atoms with E-state index >= 15 is 0 Å². The Labute approximate surface area is 178 Å². The third-order valence-electron chi connectivity index (χ3n) is 4.60. The van der Waals surface area contributed by atoms with Crippen LogP contribution in [0.15, 0.2) is 36.4 Å². The number of rotatable bonds is 7. The maximum absolute atomic E-state index is 13.7. The monoisotopic (exact) mass is 427 g/mol. The van der Waals surface area contributed by atoms with Gasteiger partial charge in [0.25, 0.3) is 5.91 Å². The van der Waals surface area contributed by atoms with Crippen LogP contribution >= 0.6 is 0 Å². The molecular formula is C21H22FN5O4. The Morgan fingerprint density at radius 1 is 1.06 bits per heavy atom. The van der Waals surface area contributed by atoms with Gasteiger partial charge in [-0.05, 0) is 43.7 Å². The van der Waals surface area contributed by atoms with Crippen molar-refractivity contribution in [3.8, 4) is 11.5 Å². The first-order valence-electron chi connectivity index (χ1n) is 9.32. The van der Waals surface area contributed by atoms with Crippen LogP contribution in [0.1, 0.15) is 21.7 Å². The predicted molar refractivity (Wildman–Crippen MR) is 112 cm³/mol. The van der Waals surface area contributed by atoms with Gasteiger partial charge in [0, 0.05) is 11.8 Å². The van der Waals surface area contributed by atoms with Crippen molar-refractivity contribution in [3.05, 3.63) is 59.2 Å². The van der Waals surface area contributed by atoms with E-state index in [1.54, 1.807) is 44.2 Å². The molecular weight excluding hydrogens is 405 g/mol. The summed E-state index contributed by atoms with van der Waals surface area (Å²) in [6.45, 7) is 3.07. The number of carbonyl (C=O) groups excluding carboxylic acids is 2. The molecule has 3 aromatic rings. The standard InChI is InChI=1S/C21H22FN5O4/c1-12-5-6-14(9-16(12)22)23-21(29)20-13(2)27(26-25-20)11-19(28)24-17-10-15(30-3)7-8-18(17)31-4/h5-10H,11H2,1-4H3,(H,23,29)(H,24,28). The van der Waals surface area contributed by atoms with E-state index < -0.39 is 17.6 Å². The van der Waals surface area contributed by atoms with Crippen LogP contribution in [0, 0.1) is 19.7 Å². The highest BCUT2D eigenvalue weighted by Crippen LogP contribution is 2.28. The second-order valence-corrected chi connectivity index (χ2v) is 6.71. The van der Waals surface area contributed by atoms with Crippen LogP contribution in [0.5, 0.6) is 11.5 Å². The normalized spacial score (nSPS) is 10.5. The molecule has 0 saturated carbocycles. The minimum absolute atomic E-state index is 0.0349. The number of hydrogen-bond acceptors (Lipinski definition) is 6. The van der Waals surface area contributed by atoms with E-state index in [2.05, 4.69) is 20.9 Å². The molecule has 2 N–H and O–H groups in total. The van der Waals surface area contributed by atoms with Gasteiger partial charge in [0.2, 0.25) is 5.91 Å². The SMILES string of the molecule is COc1ccc(OC)c(NC(=O)Cn2nnc(C(=O)Nc3ccc(C)c(F)c3)c2C)c1. The van der Waals surface area contributed by atoms with Crippen molar-refractivity contribution in [2.45, 2.75) is 20.4 Å². The fraction of sp³-hybridized carbons (Fsp3) is 0.238. The first-order chi connectivity index (χ1) is 14.8. The molecule has 1 heterocycles. The molecule has 0 radical (unpaired) electrons. The molecule has 0 fully saturated rings. The zero-order valence-electron chi connectivity index (χ0n) is 17.5. The van der Waals surface area contributed by atoms with Gasteiger partial charge in [-0.25, -0.2) is 9.07 Å². The quantitative estimate of drug-likeness (QED) is 0.600. The minimum atomic E-state index is -0.554. The number of methoxy groups -OCH3 is 2. The summed E-state index contributed by atoms with van der Waals surface area (Å²) < 4.78 is 25.4. The van der Waals surface area contributed by atoms with Gasteiger partial charge in [0.05, 0.1) is 25.6 Å². The van der Waals surface area contributed by atoms with Crippen molar-refractivity contribution in [2.75, 3.05) is 24.9 Å². The number of aryl methyl sites for hydroxylation is 1. The highest BCUT2D eigenvalue weighted by Gasteiger charge is 2.19. The molecule has 0 aliphatic heterocycles. The highest BCUT2D eigenvalue weighted by molar-refractivity contribution is 6.03. The average molecular weight is 427 g/mol. The molecule has 162 valence electrons. The topological polar surface area (TPSA) is 107 Å². The summed E-state index contributed by atoms with van der Waals surface area (Å²) in [5.41, 5.74) is 1.62. The number of amides is 2. The third kappa shape index (κ3) is 4.97. The maximum atomic E-state index is 13.7. The molecule has 0 atom stereocenters. The Morgan fingerprint density at radius 2 is 1.84 bits per heavy atom. The zero-order valence-corrected chi connectivity index (χ0v) is 17.5. The number of nitrogens with one attached hydrogen (secondary N) is 2. The van der Waals surface area contributed by atoms with Crippen LogP contribution in [-0.2, 0) is 11.3 Å². The molecule has 0 aliphatic rings. The second kappa shape index (κ2) is 9.24. The van der Waals surface area contributed by atoms with E-state index in [0.717, 1.165) is 0 Å². The van der Waals surface area contributed by atoms with Crippen molar-refractivity contribution in [1.29, 1.82) is 0 Å². The first-order valence-corrected chi connectivity index (χ1v) is 9.32. The van der Waals surface area contributed by atoms with Gasteiger partial charge in [-0.2, -0.15) is 0 Å². The molecule has 9 nitrogen and oxygen atoms in total. The Morgan fingerprint density at radius 3 is 2.52 bits per heavy atom. The largest absolute Gasteiger partial charge is 0.497 e. The number of anilines is 2. The zero-order chi connectivity index (χ0) is 22.5. The summed E-state index contributed by atoms with van der Waals surface area (Å²) in [5.74, 6) is -0.355. The van der Waals surface area contributed by atoms with Crippen molar-refractivity contribution in [3.63, 3.8) is 0 Å². The maximum Gasteiger partial charge on any atom is 0.278 e. The lowest BCUT2D eigenvalue weighted by atomic mass is 10.2. The van der Waals surface area contributed by atoms with E-state index in [9.17, 15) is 14.0 Å². The Hall–Kier alpha value is -3.95. The number of hydrogen-bond donors (Lipinski definition) is 2. The molecule has 10 heteroatoms. The van der Waals surface area contributed by atoms with E-state index in [4.69, 9.17) is 9.47 Å². The number of ether oxygens (including phenoxy) is 2. The third-order valence-corrected chi connectivity index (χ3v) is 4.60. The molecule has 0 unspecified atom stereocenters. The Bertz CT molecular complexity index is 1130. The van der Waals surface area contributed by atoms with Crippen LogP contribution in [-0.4, -0.2) is 41.0 Å². The Kier molecular flexibility index (Phi) is 6.49. The molecule has 0 spiro atoms. The first kappa shape index (κ1) is 21.8. The molecule has 2 amide bonds. The Balaban J connectivity index is 1.70. The van der Waals surface area contributed by atoms with Crippen molar-refractivity contribution >= 4 is 23.2 Å². The van der Waals surface area contributed by atoms with Crippen molar-refractivity contribution < 1.29 is 23.5 Å². The number of aromatic nitrogens is 3. The molecule has 31 heavy (non-hydrogen) atoms. The van der Waals surface area contributed by atoms with E-state index in [1.165, 1.54) is 25.0 Å². The number of carbonyl (C=O) groups is 2. The summed E-state index contributed by atoms with van der Waals surface area (Å²) in [6.07, 6.45) is 0. The number of halogens is 1. The van der Waals surface area contributed by atoms with Crippen molar-refractivity contribution in [2.24, 2.45) is 0 Å². The molecule has 1 aromatic heterocycles. The summed E-state index contributed by atoms with van der Waals surface area (Å²) in [7, 11) is 3.01. The van der Waals surface area contributed by atoms with Gasteiger partial charge in [0.15, 0.2) is 5.69 Å². The van der Waals surface area contributed by atoms with Gasteiger partial charge >= 0.3 is 0 Å². The smallest absolute Gasteiger partial charge is 0.278 e. The number of nitrogens with zero attached hydrogens (tertiary/aromatic N) is 3. The number of benzene rings is 2. The van der Waals surface area contributed by atoms with Gasteiger partial charge in [-0.3, -0.25) is 9.59 Å². The molecule has 3 rings (SSSR count). The van der Waals surface area contributed by atoms with Gasteiger partial charge in [0.1, 0.15) is 23.9 Å².